The molecule has 0 bridgehead atoms. The lowest BCUT2D eigenvalue weighted by Crippen LogP contribution is -2.12. The van der Waals surface area contributed by atoms with E-state index in [0.29, 0.717) is 15.7 Å². The Kier molecular flexibility index (Phi) is 4.04. The van der Waals surface area contributed by atoms with Crippen molar-refractivity contribution in [2.45, 2.75) is 0 Å². The molecule has 0 fully saturated rings. The van der Waals surface area contributed by atoms with Gasteiger partial charge in [0.25, 0.3) is 5.91 Å². The van der Waals surface area contributed by atoms with E-state index in [1.54, 1.807) is 30.3 Å². The first-order valence-corrected chi connectivity index (χ1v) is 6.71. The predicted octanol–water partition coefficient (Wildman–Crippen LogP) is 4.17. The minimum Gasteiger partial charge on any atom is -0.506 e. The molecule has 3 nitrogen and oxygen atoms in total. The lowest BCUT2D eigenvalue weighted by molar-refractivity contribution is 0.102. The summed E-state index contributed by atoms with van der Waals surface area (Å²) in [5, 5.41) is 12.2. The van der Waals surface area contributed by atoms with E-state index >= 15 is 0 Å². The number of para-hydroxylation sites is 2. The Hall–Kier alpha value is -1.33. The quantitative estimate of drug-likeness (QED) is 0.779. The third kappa shape index (κ3) is 2.91. The number of carbonyl (C=O) groups excluding carboxylic acids is 1. The lowest BCUT2D eigenvalue weighted by Gasteiger charge is -2.08. The van der Waals surface area contributed by atoms with Crippen molar-refractivity contribution < 1.29 is 9.90 Å². The topological polar surface area (TPSA) is 49.3 Å². The molecule has 2 rings (SSSR count). The lowest BCUT2D eigenvalue weighted by atomic mass is 10.2. The average Bonchev–Trinajstić information content (AvgIpc) is 2.35. The number of halogens is 2. The van der Waals surface area contributed by atoms with Crippen molar-refractivity contribution in [3.8, 4) is 5.75 Å². The monoisotopic (exact) mass is 369 g/mol. The molecule has 2 N–H and O–H groups in total. The van der Waals surface area contributed by atoms with Crippen LogP contribution in [0.5, 0.6) is 5.75 Å². The second-order valence-electron chi connectivity index (χ2n) is 3.60. The van der Waals surface area contributed by atoms with E-state index in [1.807, 2.05) is 6.07 Å². The molecule has 1 amide bonds. The fraction of sp³-hybridized carbons (Fsp3) is 0. The van der Waals surface area contributed by atoms with Gasteiger partial charge in [-0.3, -0.25) is 4.79 Å². The zero-order valence-electron chi connectivity index (χ0n) is 9.15. The molecule has 92 valence electrons. The summed E-state index contributed by atoms with van der Waals surface area (Å²) in [6.45, 7) is 0. The number of aromatic hydroxyl groups is 1. The minimum absolute atomic E-state index is 0.0389. The highest BCUT2D eigenvalue weighted by Gasteiger charge is 2.12. The third-order valence-electron chi connectivity index (χ3n) is 2.33. The average molecular weight is 371 g/mol. The zero-order chi connectivity index (χ0) is 13.1. The molecule has 0 spiro atoms. The Balaban J connectivity index is 2.28. The van der Waals surface area contributed by atoms with Gasteiger partial charge in [0.15, 0.2) is 0 Å². The second kappa shape index (κ2) is 5.54. The smallest absolute Gasteiger partial charge is 0.256 e. The summed E-state index contributed by atoms with van der Waals surface area (Å²) in [6.07, 6.45) is 0. The van der Waals surface area contributed by atoms with Crippen LogP contribution in [0, 0.1) is 0 Å². The van der Waals surface area contributed by atoms with Crippen LogP contribution in [0.15, 0.2) is 51.4 Å². The largest absolute Gasteiger partial charge is 0.506 e. The first kappa shape index (κ1) is 13.1. The van der Waals surface area contributed by atoms with Gasteiger partial charge in [-0.2, -0.15) is 0 Å². The van der Waals surface area contributed by atoms with Gasteiger partial charge in [0, 0.05) is 8.95 Å². The Labute approximate surface area is 121 Å². The van der Waals surface area contributed by atoms with Crippen molar-refractivity contribution in [2.75, 3.05) is 5.32 Å². The summed E-state index contributed by atoms with van der Waals surface area (Å²) in [5.74, 6) is -0.248. The zero-order valence-corrected chi connectivity index (χ0v) is 12.3. The van der Waals surface area contributed by atoms with E-state index in [0.717, 1.165) is 4.47 Å². The molecule has 0 aliphatic heterocycles. The molecule has 18 heavy (non-hydrogen) atoms. The first-order chi connectivity index (χ1) is 8.58. The van der Waals surface area contributed by atoms with Gasteiger partial charge in [0.05, 0.1) is 11.3 Å². The molecule has 0 heterocycles. The first-order valence-electron chi connectivity index (χ1n) is 5.12. The van der Waals surface area contributed by atoms with E-state index in [2.05, 4.69) is 37.2 Å². The van der Waals surface area contributed by atoms with Gasteiger partial charge in [0.1, 0.15) is 5.75 Å². The van der Waals surface area contributed by atoms with Crippen molar-refractivity contribution in [3.05, 3.63) is 57.0 Å². The molecule has 0 aliphatic carbocycles. The number of nitrogens with one attached hydrogen (secondary N) is 1. The molecule has 0 saturated carbocycles. The fourth-order valence-corrected chi connectivity index (χ4v) is 2.23. The van der Waals surface area contributed by atoms with Crippen molar-refractivity contribution in [1.29, 1.82) is 0 Å². The number of hydrogen-bond acceptors (Lipinski definition) is 2. The number of benzene rings is 2. The highest BCUT2D eigenvalue weighted by atomic mass is 79.9. The van der Waals surface area contributed by atoms with Crippen LogP contribution in [0.25, 0.3) is 0 Å². The molecule has 0 aliphatic rings. The van der Waals surface area contributed by atoms with Crippen LogP contribution in [-0.2, 0) is 0 Å². The number of anilines is 1. The highest BCUT2D eigenvalue weighted by Crippen LogP contribution is 2.25. The maximum atomic E-state index is 12.1. The second-order valence-corrected chi connectivity index (χ2v) is 5.37. The maximum absolute atomic E-state index is 12.1. The molecule has 0 atom stereocenters. The normalized spacial score (nSPS) is 10.1. The number of phenols is 1. The van der Waals surface area contributed by atoms with Crippen molar-refractivity contribution in [2.24, 2.45) is 0 Å². The highest BCUT2D eigenvalue weighted by molar-refractivity contribution is 9.11. The Morgan fingerprint density at radius 1 is 1.11 bits per heavy atom. The van der Waals surface area contributed by atoms with Crippen molar-refractivity contribution in [1.82, 2.24) is 0 Å². The number of hydrogen-bond donors (Lipinski definition) is 2. The summed E-state index contributed by atoms with van der Waals surface area (Å²) >= 11 is 6.63. The number of amides is 1. The van der Waals surface area contributed by atoms with E-state index in [-0.39, 0.29) is 11.7 Å². The molecule has 2 aromatic carbocycles. The van der Waals surface area contributed by atoms with Gasteiger partial charge in [0.2, 0.25) is 0 Å². The number of carbonyl (C=O) groups is 1. The van der Waals surface area contributed by atoms with Gasteiger partial charge in [-0.15, -0.1) is 0 Å². The van der Waals surface area contributed by atoms with Crippen LogP contribution < -0.4 is 5.32 Å². The molecular formula is C13H9Br2NO2. The molecule has 0 unspecified atom stereocenters. The van der Waals surface area contributed by atoms with Crippen LogP contribution in [0.3, 0.4) is 0 Å². The van der Waals surface area contributed by atoms with E-state index in [9.17, 15) is 9.90 Å². The third-order valence-corrected chi connectivity index (χ3v) is 3.51. The molecule has 0 aromatic heterocycles. The van der Waals surface area contributed by atoms with Gasteiger partial charge in [-0.05, 0) is 46.3 Å². The van der Waals surface area contributed by atoms with E-state index in [1.165, 1.54) is 6.07 Å². The maximum Gasteiger partial charge on any atom is 0.256 e. The summed E-state index contributed by atoms with van der Waals surface area (Å²) in [7, 11) is 0. The van der Waals surface area contributed by atoms with Gasteiger partial charge in [-0.1, -0.05) is 28.1 Å². The molecular weight excluding hydrogens is 362 g/mol. The Morgan fingerprint density at radius 2 is 1.83 bits per heavy atom. The molecule has 0 radical (unpaired) electrons. The van der Waals surface area contributed by atoms with Crippen LogP contribution in [0.2, 0.25) is 0 Å². The van der Waals surface area contributed by atoms with Crippen molar-refractivity contribution in [3.63, 3.8) is 0 Å². The summed E-state index contributed by atoms with van der Waals surface area (Å²) in [4.78, 5) is 12.1. The molecule has 0 saturated heterocycles. The van der Waals surface area contributed by atoms with Crippen molar-refractivity contribution >= 4 is 43.5 Å². The summed E-state index contributed by atoms with van der Waals surface area (Å²) in [5.41, 5.74) is 0.877. The number of phenolic OH excluding ortho intramolecular Hbond substituents is 1. The van der Waals surface area contributed by atoms with Gasteiger partial charge in [-0.25, -0.2) is 0 Å². The Morgan fingerprint density at radius 3 is 2.56 bits per heavy atom. The SMILES string of the molecule is O=C(Nc1ccccc1O)c1cc(Br)ccc1Br. The fourth-order valence-electron chi connectivity index (χ4n) is 1.44. The number of rotatable bonds is 2. The van der Waals surface area contributed by atoms with Gasteiger partial charge >= 0.3 is 0 Å². The Bertz CT molecular complexity index is 599. The van der Waals surface area contributed by atoms with Gasteiger partial charge < -0.3 is 10.4 Å². The van der Waals surface area contributed by atoms with Crippen LogP contribution in [-0.4, -0.2) is 11.0 Å². The van der Waals surface area contributed by atoms with Crippen LogP contribution in [0.4, 0.5) is 5.69 Å². The summed E-state index contributed by atoms with van der Waals surface area (Å²) in [6, 6.07) is 11.9. The molecule has 5 heteroatoms. The van der Waals surface area contributed by atoms with Crippen LogP contribution >= 0.6 is 31.9 Å². The minimum atomic E-state index is -0.287. The standard InChI is InChI=1S/C13H9Br2NO2/c14-8-5-6-10(15)9(7-8)13(18)16-11-3-1-2-4-12(11)17/h1-7,17H,(H,16,18). The van der Waals surface area contributed by atoms with Crippen LogP contribution in [0.1, 0.15) is 10.4 Å². The summed E-state index contributed by atoms with van der Waals surface area (Å²) < 4.78 is 1.51. The van der Waals surface area contributed by atoms with E-state index < -0.39 is 0 Å². The predicted molar refractivity (Wildman–Crippen MR) is 77.9 cm³/mol. The van der Waals surface area contributed by atoms with E-state index in [4.69, 9.17) is 0 Å². The molecule has 2 aromatic rings.